The summed E-state index contributed by atoms with van der Waals surface area (Å²) in [5.74, 6) is 0. The van der Waals surface area contributed by atoms with Crippen molar-refractivity contribution in [3.63, 3.8) is 0 Å². The predicted molar refractivity (Wildman–Crippen MR) is 97.9 cm³/mol. The normalized spacial score (nSPS) is 10.6. The Morgan fingerprint density at radius 3 is 2.04 bits per heavy atom. The topological polar surface area (TPSA) is 77.3 Å². The first-order valence-electron chi connectivity index (χ1n) is 8.38. The molecule has 26 heavy (non-hydrogen) atoms. The highest BCUT2D eigenvalue weighted by Gasteiger charge is 2.16. The fourth-order valence-electron chi connectivity index (χ4n) is 2.88. The largest absolute Gasteiger partial charge is 0.139 e. The summed E-state index contributed by atoms with van der Waals surface area (Å²) in [5, 5.41) is 24.2. The number of rotatable bonds is 5. The molecule has 2 aromatic heterocycles. The second kappa shape index (κ2) is 7.57. The van der Waals surface area contributed by atoms with Crippen LogP contribution in [0.4, 0.5) is 0 Å². The van der Waals surface area contributed by atoms with Crippen LogP contribution in [0.3, 0.4) is 0 Å². The minimum atomic E-state index is 0.693. The highest BCUT2D eigenvalue weighted by atomic mass is 15.3. The van der Waals surface area contributed by atoms with Crippen molar-refractivity contribution in [2.45, 2.75) is 12.8 Å². The van der Waals surface area contributed by atoms with E-state index in [2.05, 4.69) is 43.0 Å². The molecule has 4 aromatic rings. The molecule has 0 unspecified atom stereocenters. The van der Waals surface area contributed by atoms with Gasteiger partial charge >= 0.3 is 0 Å². The Morgan fingerprint density at radius 2 is 1.35 bits per heavy atom. The second-order valence-corrected chi connectivity index (χ2v) is 5.80. The van der Waals surface area contributed by atoms with E-state index in [0.717, 1.165) is 33.8 Å². The van der Waals surface area contributed by atoms with E-state index in [0.29, 0.717) is 12.8 Å². The molecule has 0 aliphatic heterocycles. The minimum Gasteiger partial charge on any atom is -0.139 e. The lowest BCUT2D eigenvalue weighted by Gasteiger charge is -2.12. The minimum absolute atomic E-state index is 0.693. The van der Waals surface area contributed by atoms with Gasteiger partial charge in [-0.05, 0) is 34.9 Å². The number of hydrogen-bond donors (Lipinski definition) is 0. The molecule has 0 spiro atoms. The first-order valence-corrected chi connectivity index (χ1v) is 8.38. The Kier molecular flexibility index (Phi) is 4.64. The number of benzene rings is 2. The molecule has 0 radical (unpaired) electrons. The predicted octanol–water partition coefficient (Wildman–Crippen LogP) is 3.18. The molecule has 0 amide bonds. The van der Waals surface area contributed by atoms with Crippen LogP contribution in [0.2, 0.25) is 0 Å². The Morgan fingerprint density at radius 1 is 0.615 bits per heavy atom. The van der Waals surface area contributed by atoms with E-state index in [1.807, 2.05) is 54.6 Å². The first-order chi connectivity index (χ1) is 12.9. The lowest BCUT2D eigenvalue weighted by atomic mass is 9.96. The number of aryl methyl sites for hydroxylation is 2. The highest BCUT2D eigenvalue weighted by Crippen LogP contribution is 2.32. The molecule has 0 saturated carbocycles. The third-order valence-electron chi connectivity index (χ3n) is 4.12. The molecule has 126 valence electrons. The van der Waals surface area contributed by atoms with Crippen LogP contribution in [-0.2, 0) is 12.8 Å². The number of hydrogen-bond acceptors (Lipinski definition) is 6. The Bertz CT molecular complexity index is 975. The summed E-state index contributed by atoms with van der Waals surface area (Å²) >= 11 is 0. The van der Waals surface area contributed by atoms with Gasteiger partial charge in [-0.3, -0.25) is 0 Å². The molecule has 2 heterocycles. The van der Waals surface area contributed by atoms with Gasteiger partial charge in [0.1, 0.15) is 5.69 Å². The summed E-state index contributed by atoms with van der Waals surface area (Å²) in [7, 11) is 0. The average Bonchev–Trinajstić information content (AvgIpc) is 2.74. The fraction of sp³-hybridized carbons (Fsp3) is 0.100. The van der Waals surface area contributed by atoms with E-state index >= 15 is 0 Å². The lowest BCUT2D eigenvalue weighted by molar-refractivity contribution is 0.756. The molecule has 0 atom stereocenters. The molecule has 0 aliphatic rings. The van der Waals surface area contributed by atoms with E-state index in [-0.39, 0.29) is 0 Å². The van der Waals surface area contributed by atoms with Crippen LogP contribution < -0.4 is 0 Å². The highest BCUT2D eigenvalue weighted by molar-refractivity contribution is 5.81. The fourth-order valence-corrected chi connectivity index (χ4v) is 2.88. The molecule has 0 aliphatic carbocycles. The molecule has 6 heteroatoms. The smallest absolute Gasteiger partial charge is 0.104 e. The van der Waals surface area contributed by atoms with Crippen molar-refractivity contribution in [2.24, 2.45) is 0 Å². The van der Waals surface area contributed by atoms with Gasteiger partial charge in [0.15, 0.2) is 0 Å². The summed E-state index contributed by atoms with van der Waals surface area (Å²) in [6.45, 7) is 0. The molecule has 0 fully saturated rings. The molecule has 0 bridgehead atoms. The van der Waals surface area contributed by atoms with Crippen LogP contribution in [0.1, 0.15) is 11.4 Å². The van der Waals surface area contributed by atoms with Crippen molar-refractivity contribution in [1.82, 2.24) is 30.8 Å². The summed E-state index contributed by atoms with van der Waals surface area (Å²) < 4.78 is 0. The molecule has 2 aromatic carbocycles. The molecule has 0 saturated heterocycles. The number of aromatic nitrogens is 6. The van der Waals surface area contributed by atoms with Gasteiger partial charge < -0.3 is 0 Å². The Hall–Kier alpha value is -3.54. The first kappa shape index (κ1) is 16.0. The van der Waals surface area contributed by atoms with Gasteiger partial charge in [0.25, 0.3) is 0 Å². The molecular weight excluding hydrogens is 324 g/mol. The van der Waals surface area contributed by atoms with E-state index < -0.39 is 0 Å². The van der Waals surface area contributed by atoms with Gasteiger partial charge in [-0.1, -0.05) is 60.7 Å². The Labute approximate surface area is 151 Å². The maximum atomic E-state index is 4.34. The van der Waals surface area contributed by atoms with Crippen molar-refractivity contribution >= 4 is 0 Å². The quantitative estimate of drug-likeness (QED) is 0.555. The van der Waals surface area contributed by atoms with Crippen LogP contribution in [0, 0.1) is 0 Å². The standard InChI is InChI=1S/C20H16N6/c1-3-7-15(8-4-1)19-18(12-11-17-13-14-21-25-22-17)23-26-24-20(19)16-9-5-2-6-10-16/h1-10,13-14H,11-12H2. The molecular formula is C20H16N6. The van der Waals surface area contributed by atoms with Crippen molar-refractivity contribution in [3.8, 4) is 22.4 Å². The van der Waals surface area contributed by atoms with Crippen molar-refractivity contribution in [3.05, 3.63) is 84.3 Å². The molecule has 0 N–H and O–H groups in total. The van der Waals surface area contributed by atoms with Gasteiger partial charge in [0.2, 0.25) is 0 Å². The van der Waals surface area contributed by atoms with E-state index in [1.165, 1.54) is 0 Å². The van der Waals surface area contributed by atoms with E-state index in [9.17, 15) is 0 Å². The van der Waals surface area contributed by atoms with Gasteiger partial charge in [-0.15, -0.1) is 20.4 Å². The van der Waals surface area contributed by atoms with Crippen molar-refractivity contribution in [2.75, 3.05) is 0 Å². The summed E-state index contributed by atoms with van der Waals surface area (Å²) in [6.07, 6.45) is 3.05. The average molecular weight is 340 g/mol. The SMILES string of the molecule is c1ccc(-c2nnnc(CCc3ccnnn3)c2-c2ccccc2)cc1. The van der Waals surface area contributed by atoms with Crippen LogP contribution >= 0.6 is 0 Å². The van der Waals surface area contributed by atoms with E-state index in [4.69, 9.17) is 0 Å². The lowest BCUT2D eigenvalue weighted by Crippen LogP contribution is -2.05. The second-order valence-electron chi connectivity index (χ2n) is 5.80. The molecule has 6 nitrogen and oxygen atoms in total. The van der Waals surface area contributed by atoms with E-state index in [1.54, 1.807) is 6.20 Å². The maximum absolute atomic E-state index is 4.34. The van der Waals surface area contributed by atoms with Gasteiger partial charge in [-0.25, -0.2) is 0 Å². The third-order valence-corrected chi connectivity index (χ3v) is 4.12. The van der Waals surface area contributed by atoms with Crippen LogP contribution in [0.5, 0.6) is 0 Å². The van der Waals surface area contributed by atoms with Crippen molar-refractivity contribution < 1.29 is 0 Å². The molecule has 4 rings (SSSR count). The van der Waals surface area contributed by atoms with Crippen molar-refractivity contribution in [1.29, 1.82) is 0 Å². The zero-order chi connectivity index (χ0) is 17.6. The zero-order valence-electron chi connectivity index (χ0n) is 14.0. The van der Waals surface area contributed by atoms with Crippen LogP contribution in [0.25, 0.3) is 22.4 Å². The summed E-state index contributed by atoms with van der Waals surface area (Å²) in [4.78, 5) is 0. The van der Waals surface area contributed by atoms with Gasteiger partial charge in [0.05, 0.1) is 17.6 Å². The number of nitrogens with zero attached hydrogens (tertiary/aromatic N) is 6. The van der Waals surface area contributed by atoms with Crippen LogP contribution in [-0.4, -0.2) is 30.8 Å². The van der Waals surface area contributed by atoms with Crippen LogP contribution in [0.15, 0.2) is 72.9 Å². The summed E-state index contributed by atoms with van der Waals surface area (Å²) in [6, 6.07) is 22.1. The van der Waals surface area contributed by atoms with Gasteiger partial charge in [0, 0.05) is 11.1 Å². The maximum Gasteiger partial charge on any atom is 0.104 e. The Balaban J connectivity index is 1.78. The monoisotopic (exact) mass is 340 g/mol. The summed E-state index contributed by atoms with van der Waals surface area (Å²) in [5.41, 5.74) is 5.70. The zero-order valence-corrected chi connectivity index (χ0v) is 14.0. The third kappa shape index (κ3) is 3.44. The van der Waals surface area contributed by atoms with Gasteiger partial charge in [-0.2, -0.15) is 0 Å².